The van der Waals surface area contributed by atoms with Crippen LogP contribution in [0.5, 0.6) is 0 Å². The molecule has 0 spiro atoms. The maximum absolute atomic E-state index is 13.2. The molecule has 0 amide bonds. The van der Waals surface area contributed by atoms with Gasteiger partial charge in [0.2, 0.25) is 0 Å². The number of thiophene rings is 1. The van der Waals surface area contributed by atoms with Gasteiger partial charge in [-0.2, -0.15) is 24.5 Å². The lowest BCUT2D eigenvalue weighted by Gasteiger charge is -2.08. The molecule has 0 saturated carbocycles. The SMILES string of the molecule is Fc1cc(-c2ccsc2)ccc1C(F)(F)F. The van der Waals surface area contributed by atoms with Gasteiger partial charge in [0.15, 0.2) is 0 Å². The highest BCUT2D eigenvalue weighted by atomic mass is 32.1. The van der Waals surface area contributed by atoms with E-state index < -0.39 is 17.6 Å². The van der Waals surface area contributed by atoms with Crippen LogP contribution < -0.4 is 0 Å². The number of halogens is 4. The lowest BCUT2D eigenvalue weighted by atomic mass is 10.1. The van der Waals surface area contributed by atoms with Crippen molar-refractivity contribution in [2.45, 2.75) is 6.18 Å². The highest BCUT2D eigenvalue weighted by Gasteiger charge is 2.33. The fraction of sp³-hybridized carbons (Fsp3) is 0.0909. The van der Waals surface area contributed by atoms with Crippen molar-refractivity contribution < 1.29 is 17.6 Å². The van der Waals surface area contributed by atoms with Crippen LogP contribution in [0.3, 0.4) is 0 Å². The van der Waals surface area contributed by atoms with Crippen molar-refractivity contribution in [3.05, 3.63) is 46.4 Å². The fourth-order valence-electron chi connectivity index (χ4n) is 1.35. The van der Waals surface area contributed by atoms with Gasteiger partial charge in [0.1, 0.15) is 5.82 Å². The molecule has 5 heteroatoms. The molecule has 0 N–H and O–H groups in total. The Morgan fingerprint density at radius 2 is 1.75 bits per heavy atom. The minimum atomic E-state index is -4.64. The van der Waals surface area contributed by atoms with Gasteiger partial charge in [-0.15, -0.1) is 0 Å². The molecule has 16 heavy (non-hydrogen) atoms. The zero-order chi connectivity index (χ0) is 11.8. The molecule has 0 bridgehead atoms. The molecule has 0 aliphatic heterocycles. The van der Waals surface area contributed by atoms with E-state index in [0.717, 1.165) is 17.7 Å². The lowest BCUT2D eigenvalue weighted by Crippen LogP contribution is -2.07. The number of hydrogen-bond donors (Lipinski definition) is 0. The molecule has 1 aromatic heterocycles. The van der Waals surface area contributed by atoms with Gasteiger partial charge in [-0.25, -0.2) is 4.39 Å². The second-order valence-electron chi connectivity index (χ2n) is 3.20. The first-order valence-corrected chi connectivity index (χ1v) is 5.32. The average molecular weight is 246 g/mol. The van der Waals surface area contributed by atoms with Gasteiger partial charge in [0, 0.05) is 0 Å². The number of rotatable bonds is 1. The Labute approximate surface area is 93.2 Å². The third kappa shape index (κ3) is 2.09. The maximum atomic E-state index is 13.2. The summed E-state index contributed by atoms with van der Waals surface area (Å²) >= 11 is 1.41. The molecule has 0 aliphatic carbocycles. The molecule has 1 aromatic carbocycles. The van der Waals surface area contributed by atoms with Crippen LogP contribution in [0.1, 0.15) is 5.56 Å². The Bertz CT molecular complexity index is 485. The van der Waals surface area contributed by atoms with Gasteiger partial charge < -0.3 is 0 Å². The van der Waals surface area contributed by atoms with E-state index in [-0.39, 0.29) is 0 Å². The smallest absolute Gasteiger partial charge is 0.206 e. The standard InChI is InChI=1S/C11H6F4S/c12-10-5-7(8-3-4-16-6-8)1-2-9(10)11(13,14)15/h1-6H. The van der Waals surface area contributed by atoms with Crippen LogP contribution >= 0.6 is 11.3 Å². The molecule has 0 saturated heterocycles. The highest BCUT2D eigenvalue weighted by Crippen LogP contribution is 2.33. The Hall–Kier alpha value is -1.36. The summed E-state index contributed by atoms with van der Waals surface area (Å²) in [4.78, 5) is 0. The van der Waals surface area contributed by atoms with Crippen molar-refractivity contribution >= 4 is 11.3 Å². The van der Waals surface area contributed by atoms with E-state index in [4.69, 9.17) is 0 Å². The van der Waals surface area contributed by atoms with E-state index in [2.05, 4.69) is 0 Å². The molecule has 0 radical (unpaired) electrons. The number of hydrogen-bond acceptors (Lipinski definition) is 1. The lowest BCUT2D eigenvalue weighted by molar-refractivity contribution is -0.139. The van der Waals surface area contributed by atoms with E-state index in [1.54, 1.807) is 16.8 Å². The molecule has 2 aromatic rings. The Balaban J connectivity index is 2.45. The second kappa shape index (κ2) is 3.90. The van der Waals surface area contributed by atoms with Crippen LogP contribution in [-0.2, 0) is 6.18 Å². The molecule has 0 fully saturated rings. The van der Waals surface area contributed by atoms with Gasteiger partial charge in [-0.1, -0.05) is 6.07 Å². The fourth-order valence-corrected chi connectivity index (χ4v) is 2.02. The van der Waals surface area contributed by atoms with Crippen molar-refractivity contribution in [2.24, 2.45) is 0 Å². The van der Waals surface area contributed by atoms with E-state index in [0.29, 0.717) is 5.56 Å². The van der Waals surface area contributed by atoms with Crippen LogP contribution in [0.25, 0.3) is 11.1 Å². The largest absolute Gasteiger partial charge is 0.419 e. The van der Waals surface area contributed by atoms with E-state index in [1.165, 1.54) is 17.4 Å². The molecular weight excluding hydrogens is 240 g/mol. The van der Waals surface area contributed by atoms with E-state index in [1.807, 2.05) is 0 Å². The molecule has 84 valence electrons. The monoisotopic (exact) mass is 246 g/mol. The summed E-state index contributed by atoms with van der Waals surface area (Å²) < 4.78 is 50.1. The number of benzene rings is 1. The molecule has 0 aliphatic rings. The predicted molar refractivity (Wildman–Crippen MR) is 54.7 cm³/mol. The minimum Gasteiger partial charge on any atom is -0.206 e. The Kier molecular flexibility index (Phi) is 2.71. The van der Waals surface area contributed by atoms with Crippen molar-refractivity contribution in [1.29, 1.82) is 0 Å². The molecule has 1 heterocycles. The quantitative estimate of drug-likeness (QED) is 0.646. The second-order valence-corrected chi connectivity index (χ2v) is 3.98. The van der Waals surface area contributed by atoms with Crippen molar-refractivity contribution in [3.63, 3.8) is 0 Å². The van der Waals surface area contributed by atoms with Crippen molar-refractivity contribution in [3.8, 4) is 11.1 Å². The van der Waals surface area contributed by atoms with Crippen LogP contribution in [-0.4, -0.2) is 0 Å². The first-order chi connectivity index (χ1) is 7.48. The highest BCUT2D eigenvalue weighted by molar-refractivity contribution is 7.08. The Morgan fingerprint density at radius 3 is 2.25 bits per heavy atom. The van der Waals surface area contributed by atoms with Gasteiger partial charge in [0.25, 0.3) is 0 Å². The summed E-state index contributed by atoms with van der Waals surface area (Å²) in [6.07, 6.45) is -4.64. The minimum absolute atomic E-state index is 0.451. The molecular formula is C11H6F4S. The van der Waals surface area contributed by atoms with Crippen molar-refractivity contribution in [1.82, 2.24) is 0 Å². The van der Waals surface area contributed by atoms with Crippen LogP contribution in [0.4, 0.5) is 17.6 Å². The van der Waals surface area contributed by atoms with Gasteiger partial charge in [-0.3, -0.25) is 0 Å². The molecule has 0 atom stereocenters. The third-order valence-electron chi connectivity index (χ3n) is 2.13. The molecule has 0 nitrogen and oxygen atoms in total. The summed E-state index contributed by atoms with van der Waals surface area (Å²) in [6, 6.07) is 4.67. The van der Waals surface area contributed by atoms with Gasteiger partial charge in [0.05, 0.1) is 5.56 Å². The summed E-state index contributed by atoms with van der Waals surface area (Å²) in [5, 5.41) is 3.53. The summed E-state index contributed by atoms with van der Waals surface area (Å²) in [6.45, 7) is 0. The van der Waals surface area contributed by atoms with Gasteiger partial charge in [-0.05, 0) is 40.1 Å². The topological polar surface area (TPSA) is 0 Å². The summed E-state index contributed by atoms with van der Waals surface area (Å²) in [7, 11) is 0. The van der Waals surface area contributed by atoms with Crippen molar-refractivity contribution in [2.75, 3.05) is 0 Å². The summed E-state index contributed by atoms with van der Waals surface area (Å²) in [5.41, 5.74) is -0.0594. The Morgan fingerprint density at radius 1 is 1.00 bits per heavy atom. The van der Waals surface area contributed by atoms with Crippen LogP contribution in [0, 0.1) is 5.82 Å². The molecule has 0 unspecified atom stereocenters. The summed E-state index contributed by atoms with van der Waals surface area (Å²) in [5.74, 6) is -1.24. The van der Waals surface area contributed by atoms with E-state index in [9.17, 15) is 17.6 Å². The zero-order valence-electron chi connectivity index (χ0n) is 7.88. The van der Waals surface area contributed by atoms with Crippen LogP contribution in [0.2, 0.25) is 0 Å². The normalized spacial score (nSPS) is 11.8. The first kappa shape index (κ1) is 11.1. The van der Waals surface area contributed by atoms with Gasteiger partial charge >= 0.3 is 6.18 Å². The average Bonchev–Trinajstić information content (AvgIpc) is 2.68. The predicted octanol–water partition coefficient (Wildman–Crippen LogP) is 4.57. The third-order valence-corrected chi connectivity index (χ3v) is 2.81. The van der Waals surface area contributed by atoms with E-state index >= 15 is 0 Å². The first-order valence-electron chi connectivity index (χ1n) is 4.38. The van der Waals surface area contributed by atoms with Crippen LogP contribution in [0.15, 0.2) is 35.0 Å². The zero-order valence-corrected chi connectivity index (χ0v) is 8.70. The number of alkyl halides is 3. The maximum Gasteiger partial charge on any atom is 0.419 e. The molecule has 2 rings (SSSR count).